The van der Waals surface area contributed by atoms with Crippen LogP contribution >= 0.6 is 12.4 Å². The largest absolute Gasteiger partial charge is 0.264 e. The van der Waals surface area contributed by atoms with Crippen molar-refractivity contribution >= 4 is 35.3 Å². The van der Waals surface area contributed by atoms with Crippen LogP contribution in [0.15, 0.2) is 60.9 Å². The van der Waals surface area contributed by atoms with Crippen molar-refractivity contribution in [3.05, 3.63) is 77.6 Å². The Morgan fingerprint density at radius 3 is 2.45 bits per heavy atom. The van der Waals surface area contributed by atoms with Gasteiger partial charge in [0.25, 0.3) is 0 Å². The molecular weight excluding hydrogens is 266 g/mol. The zero-order chi connectivity index (χ0) is 13.1. The SMILES string of the molecule is Cc1cnccc1/C=C/c1cccc2ccccc12.Cl. The average Bonchev–Trinajstić information content (AvgIpc) is 2.46. The molecule has 0 saturated carbocycles. The van der Waals surface area contributed by atoms with E-state index in [0.717, 1.165) is 0 Å². The number of hydrogen-bond acceptors (Lipinski definition) is 1. The van der Waals surface area contributed by atoms with Gasteiger partial charge in [-0.1, -0.05) is 54.6 Å². The molecule has 0 unspecified atom stereocenters. The average molecular weight is 282 g/mol. The number of nitrogens with zero attached hydrogens (tertiary/aromatic N) is 1. The van der Waals surface area contributed by atoms with Gasteiger partial charge in [-0.25, -0.2) is 0 Å². The van der Waals surface area contributed by atoms with E-state index in [9.17, 15) is 0 Å². The topological polar surface area (TPSA) is 12.9 Å². The third-order valence-corrected chi connectivity index (χ3v) is 3.33. The van der Waals surface area contributed by atoms with Crippen molar-refractivity contribution in [2.75, 3.05) is 0 Å². The Kier molecular flexibility index (Phi) is 4.54. The number of rotatable bonds is 2. The van der Waals surface area contributed by atoms with Crippen molar-refractivity contribution in [1.29, 1.82) is 0 Å². The number of hydrogen-bond donors (Lipinski definition) is 0. The first-order valence-electron chi connectivity index (χ1n) is 6.41. The molecule has 1 nitrogen and oxygen atoms in total. The quantitative estimate of drug-likeness (QED) is 0.634. The Balaban J connectivity index is 0.00000147. The van der Waals surface area contributed by atoms with E-state index in [1.165, 1.54) is 27.5 Å². The van der Waals surface area contributed by atoms with E-state index in [1.807, 2.05) is 18.5 Å². The summed E-state index contributed by atoms with van der Waals surface area (Å²) >= 11 is 0. The van der Waals surface area contributed by atoms with Crippen LogP contribution in [0.4, 0.5) is 0 Å². The Hall–Kier alpha value is -2.12. The molecule has 0 radical (unpaired) electrons. The van der Waals surface area contributed by atoms with Crippen LogP contribution in [0.5, 0.6) is 0 Å². The maximum atomic E-state index is 4.12. The lowest BCUT2D eigenvalue weighted by molar-refractivity contribution is 1.26. The molecule has 3 rings (SSSR count). The van der Waals surface area contributed by atoms with Gasteiger partial charge in [-0.3, -0.25) is 4.98 Å². The molecule has 2 heteroatoms. The van der Waals surface area contributed by atoms with Gasteiger partial charge >= 0.3 is 0 Å². The summed E-state index contributed by atoms with van der Waals surface area (Å²) in [7, 11) is 0. The molecule has 100 valence electrons. The van der Waals surface area contributed by atoms with Gasteiger partial charge in [0.2, 0.25) is 0 Å². The number of fused-ring (bicyclic) bond motifs is 1. The number of aryl methyl sites for hydroxylation is 1. The maximum Gasteiger partial charge on any atom is 0.0303 e. The highest BCUT2D eigenvalue weighted by Crippen LogP contribution is 2.21. The highest BCUT2D eigenvalue weighted by molar-refractivity contribution is 5.92. The standard InChI is InChI=1S/C18H15N.ClH/c1-14-13-19-12-11-15(14)9-10-17-7-4-6-16-5-2-3-8-18(16)17;/h2-13H,1H3;1H/b10-9+;. The highest BCUT2D eigenvalue weighted by atomic mass is 35.5. The second-order valence-electron chi connectivity index (χ2n) is 4.63. The molecule has 0 atom stereocenters. The zero-order valence-corrected chi connectivity index (χ0v) is 12.1. The Bertz CT molecular complexity index is 742. The molecule has 0 aliphatic rings. The van der Waals surface area contributed by atoms with Crippen LogP contribution in [0.2, 0.25) is 0 Å². The van der Waals surface area contributed by atoms with Crippen LogP contribution in [0.3, 0.4) is 0 Å². The van der Waals surface area contributed by atoms with Gasteiger partial charge in [-0.2, -0.15) is 0 Å². The molecule has 0 spiro atoms. The number of benzene rings is 2. The number of halogens is 1. The molecular formula is C18H16ClN. The highest BCUT2D eigenvalue weighted by Gasteiger charge is 1.97. The molecule has 1 heterocycles. The van der Waals surface area contributed by atoms with Crippen molar-refractivity contribution in [1.82, 2.24) is 4.98 Å². The third-order valence-electron chi connectivity index (χ3n) is 3.33. The van der Waals surface area contributed by atoms with E-state index in [2.05, 4.69) is 66.5 Å². The van der Waals surface area contributed by atoms with Crippen LogP contribution in [0.25, 0.3) is 22.9 Å². The summed E-state index contributed by atoms with van der Waals surface area (Å²) in [6.07, 6.45) is 8.04. The molecule has 0 amide bonds. The smallest absolute Gasteiger partial charge is 0.0303 e. The maximum absolute atomic E-state index is 4.12. The van der Waals surface area contributed by atoms with Crippen molar-refractivity contribution in [3.8, 4) is 0 Å². The lowest BCUT2D eigenvalue weighted by Gasteiger charge is -2.02. The predicted octanol–water partition coefficient (Wildman–Crippen LogP) is 5.14. The zero-order valence-electron chi connectivity index (χ0n) is 11.3. The van der Waals surface area contributed by atoms with Gasteiger partial charge in [-0.15, -0.1) is 12.4 Å². The van der Waals surface area contributed by atoms with E-state index in [4.69, 9.17) is 0 Å². The van der Waals surface area contributed by atoms with Crippen molar-refractivity contribution < 1.29 is 0 Å². The van der Waals surface area contributed by atoms with E-state index >= 15 is 0 Å². The minimum Gasteiger partial charge on any atom is -0.264 e. The molecule has 3 aromatic rings. The minimum atomic E-state index is 0. The van der Waals surface area contributed by atoms with Crippen LogP contribution in [-0.4, -0.2) is 4.98 Å². The van der Waals surface area contributed by atoms with Gasteiger partial charge in [0.1, 0.15) is 0 Å². The van der Waals surface area contributed by atoms with E-state index in [0.29, 0.717) is 0 Å². The molecule has 2 aromatic carbocycles. The van der Waals surface area contributed by atoms with Crippen molar-refractivity contribution in [2.45, 2.75) is 6.92 Å². The molecule has 0 aliphatic heterocycles. The van der Waals surface area contributed by atoms with Crippen LogP contribution in [0, 0.1) is 6.92 Å². The molecule has 0 bridgehead atoms. The van der Waals surface area contributed by atoms with E-state index in [1.54, 1.807) is 0 Å². The van der Waals surface area contributed by atoms with Gasteiger partial charge in [-0.05, 0) is 40.5 Å². The molecule has 0 aliphatic carbocycles. The summed E-state index contributed by atoms with van der Waals surface area (Å²) in [4.78, 5) is 4.12. The third kappa shape index (κ3) is 2.89. The molecule has 1 aromatic heterocycles. The Morgan fingerprint density at radius 2 is 1.60 bits per heavy atom. The minimum absolute atomic E-state index is 0. The fraction of sp³-hybridized carbons (Fsp3) is 0.0556. The Labute approximate surface area is 125 Å². The van der Waals surface area contributed by atoms with Crippen LogP contribution < -0.4 is 0 Å². The molecule has 20 heavy (non-hydrogen) atoms. The molecule has 0 saturated heterocycles. The fourth-order valence-electron chi connectivity index (χ4n) is 2.25. The molecule has 0 N–H and O–H groups in total. The number of pyridine rings is 1. The summed E-state index contributed by atoms with van der Waals surface area (Å²) in [6, 6.07) is 16.9. The van der Waals surface area contributed by atoms with Crippen LogP contribution in [-0.2, 0) is 0 Å². The van der Waals surface area contributed by atoms with E-state index < -0.39 is 0 Å². The summed E-state index contributed by atoms with van der Waals surface area (Å²) < 4.78 is 0. The summed E-state index contributed by atoms with van der Waals surface area (Å²) in [5.41, 5.74) is 3.65. The van der Waals surface area contributed by atoms with Crippen molar-refractivity contribution in [2.24, 2.45) is 0 Å². The Morgan fingerprint density at radius 1 is 0.850 bits per heavy atom. The lowest BCUT2D eigenvalue weighted by Crippen LogP contribution is -1.82. The summed E-state index contributed by atoms with van der Waals surface area (Å²) in [6.45, 7) is 2.08. The first-order valence-corrected chi connectivity index (χ1v) is 6.41. The second-order valence-corrected chi connectivity index (χ2v) is 4.63. The van der Waals surface area contributed by atoms with Gasteiger partial charge in [0, 0.05) is 12.4 Å². The van der Waals surface area contributed by atoms with E-state index in [-0.39, 0.29) is 12.4 Å². The summed E-state index contributed by atoms with van der Waals surface area (Å²) in [5.74, 6) is 0. The first kappa shape index (κ1) is 14.3. The first-order chi connectivity index (χ1) is 9.34. The lowest BCUT2D eigenvalue weighted by atomic mass is 10.0. The second kappa shape index (κ2) is 6.36. The van der Waals surface area contributed by atoms with Crippen molar-refractivity contribution in [3.63, 3.8) is 0 Å². The van der Waals surface area contributed by atoms with Gasteiger partial charge in [0.15, 0.2) is 0 Å². The summed E-state index contributed by atoms with van der Waals surface area (Å²) in [5, 5.41) is 2.56. The van der Waals surface area contributed by atoms with Gasteiger partial charge in [0.05, 0.1) is 0 Å². The number of aromatic nitrogens is 1. The fourth-order valence-corrected chi connectivity index (χ4v) is 2.25. The normalized spacial score (nSPS) is 10.7. The monoisotopic (exact) mass is 281 g/mol. The molecule has 0 fully saturated rings. The van der Waals surface area contributed by atoms with Crippen LogP contribution in [0.1, 0.15) is 16.7 Å². The predicted molar refractivity (Wildman–Crippen MR) is 89.1 cm³/mol. The van der Waals surface area contributed by atoms with Gasteiger partial charge < -0.3 is 0 Å².